The number of carbonyl (C=O) groups is 2. The first-order chi connectivity index (χ1) is 13.6. The zero-order chi connectivity index (χ0) is 21.8. The fourth-order valence-corrected chi connectivity index (χ4v) is 3.87. The number of nitrogens with zero attached hydrogens (tertiary/aromatic N) is 1. The minimum absolute atomic E-state index is 0.112. The zero-order valence-electron chi connectivity index (χ0n) is 15.1. The maximum atomic E-state index is 12.4. The summed E-state index contributed by atoms with van der Waals surface area (Å²) in [6.45, 7) is -0.635. The lowest BCUT2D eigenvalue weighted by molar-refractivity contribution is -0.119. The van der Waals surface area contributed by atoms with E-state index in [1.807, 2.05) is 0 Å². The number of anilines is 1. The number of rotatable bonds is 7. The highest BCUT2D eigenvalue weighted by Gasteiger charge is 2.25. The van der Waals surface area contributed by atoms with E-state index in [9.17, 15) is 18.0 Å². The van der Waals surface area contributed by atoms with Gasteiger partial charge in [0.15, 0.2) is 6.61 Å². The second kappa shape index (κ2) is 9.75. The Labute approximate surface area is 182 Å². The molecule has 0 spiro atoms. The third-order valence-electron chi connectivity index (χ3n) is 3.58. The number of benzene rings is 2. The minimum atomic E-state index is -4.09. The van der Waals surface area contributed by atoms with Gasteiger partial charge in [-0.1, -0.05) is 39.3 Å². The van der Waals surface area contributed by atoms with Crippen molar-refractivity contribution in [2.75, 3.05) is 26.1 Å². The van der Waals surface area contributed by atoms with Crippen molar-refractivity contribution < 1.29 is 27.6 Å². The van der Waals surface area contributed by atoms with Gasteiger partial charge in [0.1, 0.15) is 4.90 Å². The Kier molecular flexibility index (Phi) is 7.87. The van der Waals surface area contributed by atoms with Gasteiger partial charge in [-0.2, -0.15) is 0 Å². The standard InChI is InChI=1S/C17H15Cl3N2O6S/c1-22(27-2)29(25,26)15-7-10(3-5-13(15)20)17(24)28-9-16(23)21-14-8-11(18)4-6-12(14)19/h3-8H,9H2,1-2H3,(H,21,23). The Balaban J connectivity index is 2.10. The molecule has 12 heteroatoms. The van der Waals surface area contributed by atoms with E-state index < -0.39 is 28.5 Å². The summed E-state index contributed by atoms with van der Waals surface area (Å²) in [7, 11) is -1.76. The van der Waals surface area contributed by atoms with Gasteiger partial charge in [-0.15, -0.1) is 0 Å². The Morgan fingerprint density at radius 3 is 2.38 bits per heavy atom. The summed E-state index contributed by atoms with van der Waals surface area (Å²) in [4.78, 5) is 28.5. The SMILES string of the molecule is CON(C)S(=O)(=O)c1cc(C(=O)OCC(=O)Nc2cc(Cl)ccc2Cl)ccc1Cl. The number of carbonyl (C=O) groups excluding carboxylic acids is 2. The Morgan fingerprint density at radius 2 is 1.72 bits per heavy atom. The van der Waals surface area contributed by atoms with Gasteiger partial charge in [0.2, 0.25) is 0 Å². The molecule has 1 amide bonds. The molecule has 0 aliphatic carbocycles. The number of esters is 1. The quantitative estimate of drug-likeness (QED) is 0.479. The smallest absolute Gasteiger partial charge is 0.338 e. The molecular weight excluding hydrogens is 467 g/mol. The molecule has 0 aromatic heterocycles. The molecule has 0 unspecified atom stereocenters. The molecule has 0 atom stereocenters. The number of hydroxylamine groups is 1. The predicted molar refractivity (Wildman–Crippen MR) is 109 cm³/mol. The van der Waals surface area contributed by atoms with Crippen LogP contribution < -0.4 is 5.32 Å². The minimum Gasteiger partial charge on any atom is -0.452 e. The Hall–Kier alpha value is -1.88. The van der Waals surface area contributed by atoms with E-state index >= 15 is 0 Å². The molecule has 2 aromatic carbocycles. The van der Waals surface area contributed by atoms with Crippen LogP contribution in [-0.2, 0) is 24.4 Å². The average molecular weight is 482 g/mol. The monoisotopic (exact) mass is 480 g/mol. The normalized spacial score (nSPS) is 11.4. The average Bonchev–Trinajstić information content (AvgIpc) is 2.68. The maximum Gasteiger partial charge on any atom is 0.338 e. The van der Waals surface area contributed by atoms with Crippen LogP contribution in [0.1, 0.15) is 10.4 Å². The number of ether oxygens (including phenoxy) is 1. The van der Waals surface area contributed by atoms with Crippen LogP contribution in [-0.4, -0.2) is 45.5 Å². The molecule has 0 saturated carbocycles. The summed E-state index contributed by atoms with van der Waals surface area (Å²) in [5.74, 6) is -1.59. The number of amides is 1. The van der Waals surface area contributed by atoms with Gasteiger partial charge in [-0.25, -0.2) is 13.2 Å². The maximum absolute atomic E-state index is 12.4. The van der Waals surface area contributed by atoms with Crippen molar-refractivity contribution >= 4 is 62.4 Å². The fourth-order valence-electron chi connectivity index (χ4n) is 2.06. The van der Waals surface area contributed by atoms with Gasteiger partial charge in [0.05, 0.1) is 28.4 Å². The van der Waals surface area contributed by atoms with E-state index in [4.69, 9.17) is 39.5 Å². The van der Waals surface area contributed by atoms with E-state index in [-0.39, 0.29) is 26.2 Å². The van der Waals surface area contributed by atoms with Gasteiger partial charge in [-0.3, -0.25) is 9.63 Å². The van der Waals surface area contributed by atoms with E-state index in [0.29, 0.717) is 9.49 Å². The number of hydrogen-bond donors (Lipinski definition) is 1. The van der Waals surface area contributed by atoms with Crippen molar-refractivity contribution in [3.63, 3.8) is 0 Å². The first-order valence-electron chi connectivity index (χ1n) is 7.81. The van der Waals surface area contributed by atoms with Gasteiger partial charge >= 0.3 is 5.97 Å². The number of hydrogen-bond acceptors (Lipinski definition) is 6. The molecule has 0 radical (unpaired) electrons. The van der Waals surface area contributed by atoms with Crippen molar-refractivity contribution in [2.45, 2.75) is 4.90 Å². The molecule has 0 saturated heterocycles. The summed E-state index contributed by atoms with van der Waals surface area (Å²) in [6.07, 6.45) is 0. The summed E-state index contributed by atoms with van der Waals surface area (Å²) < 4.78 is 30.2. The lowest BCUT2D eigenvalue weighted by atomic mass is 10.2. The number of nitrogens with one attached hydrogen (secondary N) is 1. The molecule has 2 rings (SSSR count). The third kappa shape index (κ3) is 5.81. The molecule has 0 heterocycles. The van der Waals surface area contributed by atoms with Crippen molar-refractivity contribution in [3.05, 3.63) is 57.0 Å². The van der Waals surface area contributed by atoms with Crippen LogP contribution in [0.3, 0.4) is 0 Å². The largest absolute Gasteiger partial charge is 0.452 e. The van der Waals surface area contributed by atoms with Crippen molar-refractivity contribution in [3.8, 4) is 0 Å². The lowest BCUT2D eigenvalue weighted by Gasteiger charge is -2.15. The third-order valence-corrected chi connectivity index (χ3v) is 6.30. The van der Waals surface area contributed by atoms with Gasteiger partial charge in [0, 0.05) is 12.1 Å². The van der Waals surface area contributed by atoms with Gasteiger partial charge in [0.25, 0.3) is 15.9 Å². The molecule has 0 aliphatic heterocycles. The van der Waals surface area contributed by atoms with Crippen LogP contribution in [0.4, 0.5) is 5.69 Å². The number of sulfonamides is 1. The van der Waals surface area contributed by atoms with E-state index in [0.717, 1.165) is 13.2 Å². The summed E-state index contributed by atoms with van der Waals surface area (Å²) in [5.41, 5.74) is 0.133. The first kappa shape index (κ1) is 23.4. The lowest BCUT2D eigenvalue weighted by Crippen LogP contribution is -2.26. The second-order valence-corrected chi connectivity index (χ2v) is 8.65. The zero-order valence-corrected chi connectivity index (χ0v) is 18.2. The number of halogens is 3. The van der Waals surface area contributed by atoms with Crippen LogP contribution in [0, 0.1) is 0 Å². The van der Waals surface area contributed by atoms with Crippen LogP contribution >= 0.6 is 34.8 Å². The Bertz CT molecular complexity index is 1050. The van der Waals surface area contributed by atoms with Crippen LogP contribution in [0.15, 0.2) is 41.3 Å². The first-order valence-corrected chi connectivity index (χ1v) is 10.4. The summed E-state index contributed by atoms with van der Waals surface area (Å²) in [5, 5.41) is 2.95. The van der Waals surface area contributed by atoms with E-state index in [2.05, 4.69) is 10.2 Å². The second-order valence-electron chi connectivity index (χ2n) is 5.49. The van der Waals surface area contributed by atoms with Crippen molar-refractivity contribution in [2.24, 2.45) is 0 Å². The topological polar surface area (TPSA) is 102 Å². The molecule has 0 bridgehead atoms. The van der Waals surface area contributed by atoms with Crippen molar-refractivity contribution in [1.29, 1.82) is 0 Å². The fraction of sp³-hybridized carbons (Fsp3) is 0.176. The molecule has 8 nitrogen and oxygen atoms in total. The molecule has 156 valence electrons. The highest BCUT2D eigenvalue weighted by atomic mass is 35.5. The van der Waals surface area contributed by atoms with Crippen molar-refractivity contribution in [1.82, 2.24) is 4.47 Å². The van der Waals surface area contributed by atoms with E-state index in [1.54, 1.807) is 6.07 Å². The van der Waals surface area contributed by atoms with Gasteiger partial charge < -0.3 is 10.1 Å². The molecular formula is C17H15Cl3N2O6S. The molecule has 0 fully saturated rings. The molecule has 0 aliphatic rings. The van der Waals surface area contributed by atoms with Crippen LogP contribution in [0.2, 0.25) is 15.1 Å². The highest BCUT2D eigenvalue weighted by molar-refractivity contribution is 7.89. The van der Waals surface area contributed by atoms with Crippen LogP contribution in [0.5, 0.6) is 0 Å². The predicted octanol–water partition coefficient (Wildman–Crippen LogP) is 3.62. The summed E-state index contributed by atoms with van der Waals surface area (Å²) in [6, 6.07) is 8.00. The van der Waals surface area contributed by atoms with Crippen LogP contribution in [0.25, 0.3) is 0 Å². The Morgan fingerprint density at radius 1 is 1.07 bits per heavy atom. The van der Waals surface area contributed by atoms with Gasteiger partial charge in [-0.05, 0) is 36.4 Å². The highest BCUT2D eigenvalue weighted by Crippen LogP contribution is 2.26. The molecule has 29 heavy (non-hydrogen) atoms. The summed E-state index contributed by atoms with van der Waals surface area (Å²) >= 11 is 17.7. The molecule has 1 N–H and O–H groups in total. The molecule has 2 aromatic rings. The van der Waals surface area contributed by atoms with E-state index in [1.165, 1.54) is 31.3 Å².